The Kier molecular flexibility index (Phi) is 6.84. The summed E-state index contributed by atoms with van der Waals surface area (Å²) in [5.74, 6) is 0.617. The summed E-state index contributed by atoms with van der Waals surface area (Å²) >= 11 is 1.65. The van der Waals surface area contributed by atoms with Crippen molar-refractivity contribution in [2.75, 3.05) is 33.3 Å². The molecule has 0 saturated carbocycles. The summed E-state index contributed by atoms with van der Waals surface area (Å²) in [5, 5.41) is 3.61. The molecule has 9 heteroatoms. The van der Waals surface area contributed by atoms with Crippen molar-refractivity contribution in [3.63, 3.8) is 0 Å². The molecule has 1 aromatic carbocycles. The van der Waals surface area contributed by atoms with Gasteiger partial charge in [-0.1, -0.05) is 0 Å². The molecule has 0 N–H and O–H groups in total. The third-order valence-corrected chi connectivity index (χ3v) is 7.42. The van der Waals surface area contributed by atoms with Crippen LogP contribution in [0.2, 0.25) is 0 Å². The summed E-state index contributed by atoms with van der Waals surface area (Å²) in [6.07, 6.45) is 1.67. The summed E-state index contributed by atoms with van der Waals surface area (Å²) in [6.45, 7) is 7.88. The number of nitrogens with zero attached hydrogens (tertiary/aromatic N) is 5. The van der Waals surface area contributed by atoms with E-state index in [-0.39, 0.29) is 16.9 Å². The molecule has 1 aliphatic rings. The van der Waals surface area contributed by atoms with Crippen LogP contribution in [-0.4, -0.2) is 63.5 Å². The van der Waals surface area contributed by atoms with E-state index in [2.05, 4.69) is 15.3 Å². The minimum absolute atomic E-state index is 0.208. The molecule has 0 radical (unpaired) electrons. The molecule has 1 fully saturated rings. The minimum Gasteiger partial charge on any atom is -0.497 e. The predicted molar refractivity (Wildman–Crippen MR) is 142 cm³/mol. The average molecular weight is 504 g/mol. The molecule has 1 amide bonds. The van der Waals surface area contributed by atoms with E-state index in [4.69, 9.17) is 9.72 Å². The fourth-order valence-electron chi connectivity index (χ4n) is 4.50. The largest absolute Gasteiger partial charge is 0.497 e. The Bertz CT molecular complexity index is 1450. The number of piperazine rings is 1. The number of amides is 1. The molecule has 0 bridgehead atoms. The molecular weight excluding hydrogens is 474 g/mol. The monoisotopic (exact) mass is 503 g/mol. The molecule has 8 nitrogen and oxygen atoms in total. The first-order chi connectivity index (χ1) is 17.5. The van der Waals surface area contributed by atoms with Crippen molar-refractivity contribution in [1.29, 1.82) is 0 Å². The number of hydrogen-bond donors (Lipinski definition) is 0. The first-order valence-electron chi connectivity index (χ1n) is 12.1. The lowest BCUT2D eigenvalue weighted by atomic mass is 10.1. The van der Waals surface area contributed by atoms with Crippen molar-refractivity contribution in [2.45, 2.75) is 26.9 Å². The maximum absolute atomic E-state index is 13.3. The second-order valence-corrected chi connectivity index (χ2v) is 9.85. The number of aryl methyl sites for hydroxylation is 2. The summed E-state index contributed by atoms with van der Waals surface area (Å²) in [4.78, 5) is 39.9. The van der Waals surface area contributed by atoms with Crippen molar-refractivity contribution in [3.8, 4) is 17.0 Å². The smallest absolute Gasteiger partial charge is 0.259 e. The SMILES string of the molecule is CCn1cc(C(=O)N2CCN(Cc3nc(-c4ccc(OC)cc4)cs3)CC2)c(=O)c2ccc(C)nc21. The summed E-state index contributed by atoms with van der Waals surface area (Å²) in [6, 6.07) is 11.5. The normalized spacial score (nSPS) is 14.4. The van der Waals surface area contributed by atoms with E-state index in [1.165, 1.54) is 0 Å². The van der Waals surface area contributed by atoms with Crippen molar-refractivity contribution < 1.29 is 9.53 Å². The van der Waals surface area contributed by atoms with Crippen LogP contribution in [0.25, 0.3) is 22.3 Å². The number of aromatic nitrogens is 3. The summed E-state index contributed by atoms with van der Waals surface area (Å²) in [7, 11) is 1.66. The standard InChI is InChI=1S/C27H29N5O3S/c1-4-31-15-22(25(33)21-10-5-18(2)28-26(21)31)27(34)32-13-11-30(12-14-32)16-24-29-23(17-36-24)19-6-8-20(35-3)9-7-19/h5-10,15,17H,4,11-14,16H2,1-3H3. The maximum atomic E-state index is 13.3. The Morgan fingerprint density at radius 3 is 2.50 bits per heavy atom. The Hall–Kier alpha value is -3.56. The molecule has 186 valence electrons. The number of carbonyl (C=O) groups is 1. The van der Waals surface area contributed by atoms with E-state index in [0.717, 1.165) is 47.3 Å². The third-order valence-electron chi connectivity index (χ3n) is 6.59. The van der Waals surface area contributed by atoms with E-state index in [0.29, 0.717) is 30.7 Å². The van der Waals surface area contributed by atoms with Gasteiger partial charge in [0.15, 0.2) is 0 Å². The van der Waals surface area contributed by atoms with Gasteiger partial charge in [0.1, 0.15) is 22.0 Å². The summed E-state index contributed by atoms with van der Waals surface area (Å²) in [5.41, 5.74) is 3.46. The lowest BCUT2D eigenvalue weighted by Crippen LogP contribution is -2.49. The second kappa shape index (κ2) is 10.2. The molecule has 36 heavy (non-hydrogen) atoms. The van der Waals surface area contributed by atoms with Gasteiger partial charge in [0, 0.05) is 55.6 Å². The molecule has 4 aromatic rings. The molecule has 0 spiro atoms. The van der Waals surface area contributed by atoms with E-state index in [9.17, 15) is 9.59 Å². The lowest BCUT2D eigenvalue weighted by molar-refractivity contribution is 0.0626. The fraction of sp³-hybridized carbons (Fsp3) is 0.333. The van der Waals surface area contributed by atoms with E-state index >= 15 is 0 Å². The van der Waals surface area contributed by atoms with E-state index in [1.807, 2.05) is 48.7 Å². The van der Waals surface area contributed by atoms with Crippen molar-refractivity contribution in [1.82, 2.24) is 24.3 Å². The Labute approximate surface area is 213 Å². The van der Waals surface area contributed by atoms with Crippen molar-refractivity contribution in [3.05, 3.63) is 74.5 Å². The minimum atomic E-state index is -0.247. The number of methoxy groups -OCH3 is 1. The van der Waals surface area contributed by atoms with Crippen LogP contribution in [0.15, 0.2) is 52.8 Å². The molecular formula is C27H29N5O3S. The van der Waals surface area contributed by atoms with Gasteiger partial charge in [-0.25, -0.2) is 9.97 Å². The maximum Gasteiger partial charge on any atom is 0.259 e. The number of pyridine rings is 2. The zero-order valence-corrected chi connectivity index (χ0v) is 21.5. The number of fused-ring (bicyclic) bond motifs is 1. The van der Waals surface area contributed by atoms with Gasteiger partial charge in [-0.05, 0) is 50.2 Å². The predicted octanol–water partition coefficient (Wildman–Crippen LogP) is 3.81. The second-order valence-electron chi connectivity index (χ2n) is 8.91. The van der Waals surface area contributed by atoms with Crippen LogP contribution in [0, 0.1) is 6.92 Å². The summed E-state index contributed by atoms with van der Waals surface area (Å²) < 4.78 is 7.12. The molecule has 3 aromatic heterocycles. The third kappa shape index (κ3) is 4.76. The van der Waals surface area contributed by atoms with Crippen LogP contribution in [0.5, 0.6) is 5.75 Å². The van der Waals surface area contributed by atoms with Crippen LogP contribution in [0.4, 0.5) is 0 Å². The topological polar surface area (TPSA) is 80.6 Å². The van der Waals surface area contributed by atoms with Crippen LogP contribution >= 0.6 is 11.3 Å². The van der Waals surface area contributed by atoms with Crippen LogP contribution in [-0.2, 0) is 13.1 Å². The number of ether oxygens (including phenoxy) is 1. The number of benzene rings is 1. The highest BCUT2D eigenvalue weighted by Crippen LogP contribution is 2.25. The van der Waals surface area contributed by atoms with Gasteiger partial charge in [-0.15, -0.1) is 11.3 Å². The molecule has 1 aliphatic heterocycles. The zero-order chi connectivity index (χ0) is 25.2. The number of thiazole rings is 1. The quantitative estimate of drug-likeness (QED) is 0.398. The lowest BCUT2D eigenvalue weighted by Gasteiger charge is -2.34. The van der Waals surface area contributed by atoms with Gasteiger partial charge < -0.3 is 14.2 Å². The van der Waals surface area contributed by atoms with Crippen LogP contribution in [0.3, 0.4) is 0 Å². The average Bonchev–Trinajstić information content (AvgIpc) is 3.37. The first-order valence-corrected chi connectivity index (χ1v) is 13.0. The fourth-order valence-corrected chi connectivity index (χ4v) is 5.35. The van der Waals surface area contributed by atoms with Gasteiger partial charge >= 0.3 is 0 Å². The highest BCUT2D eigenvalue weighted by Gasteiger charge is 2.26. The number of carbonyl (C=O) groups excluding carboxylic acids is 1. The van der Waals surface area contributed by atoms with Crippen LogP contribution < -0.4 is 10.2 Å². The Morgan fingerprint density at radius 2 is 1.81 bits per heavy atom. The van der Waals surface area contributed by atoms with Gasteiger partial charge in [0.05, 0.1) is 24.7 Å². The molecule has 1 saturated heterocycles. The molecule has 4 heterocycles. The van der Waals surface area contributed by atoms with Gasteiger partial charge in [-0.2, -0.15) is 0 Å². The number of rotatable bonds is 6. The zero-order valence-electron chi connectivity index (χ0n) is 20.7. The molecule has 5 rings (SSSR count). The van der Waals surface area contributed by atoms with E-state index in [1.54, 1.807) is 35.6 Å². The Balaban J connectivity index is 1.25. The van der Waals surface area contributed by atoms with E-state index < -0.39 is 0 Å². The van der Waals surface area contributed by atoms with Gasteiger partial charge in [-0.3, -0.25) is 14.5 Å². The highest BCUT2D eigenvalue weighted by molar-refractivity contribution is 7.09. The van der Waals surface area contributed by atoms with Crippen LogP contribution in [0.1, 0.15) is 28.0 Å². The van der Waals surface area contributed by atoms with Gasteiger partial charge in [0.25, 0.3) is 5.91 Å². The van der Waals surface area contributed by atoms with Crippen molar-refractivity contribution >= 4 is 28.3 Å². The molecule has 0 unspecified atom stereocenters. The molecule has 0 atom stereocenters. The van der Waals surface area contributed by atoms with Crippen molar-refractivity contribution in [2.24, 2.45) is 0 Å². The first kappa shape index (κ1) is 24.1. The van der Waals surface area contributed by atoms with Gasteiger partial charge in [0.2, 0.25) is 5.43 Å². The highest BCUT2D eigenvalue weighted by atomic mass is 32.1. The molecule has 0 aliphatic carbocycles. The number of hydrogen-bond acceptors (Lipinski definition) is 7. The Morgan fingerprint density at radius 1 is 1.06 bits per heavy atom.